The number of aryl methyl sites for hydroxylation is 1. The maximum Gasteiger partial charge on any atom is 0.221 e. The Bertz CT molecular complexity index is 286. The molecule has 0 unspecified atom stereocenters. The summed E-state index contributed by atoms with van der Waals surface area (Å²) in [6.45, 7) is 4.00. The predicted molar refractivity (Wildman–Crippen MR) is 50.2 cm³/mol. The molecule has 0 aliphatic carbocycles. The second-order valence-corrected chi connectivity index (χ2v) is 3.05. The van der Waals surface area contributed by atoms with E-state index in [1.807, 2.05) is 6.92 Å². The first kappa shape index (κ1) is 9.26. The van der Waals surface area contributed by atoms with Crippen molar-refractivity contribution in [2.75, 3.05) is 5.73 Å². The van der Waals surface area contributed by atoms with Crippen LogP contribution in [0.4, 0.5) is 5.95 Å². The molecular formula is C8H12ClN3. The first-order chi connectivity index (χ1) is 5.65. The van der Waals surface area contributed by atoms with Gasteiger partial charge in [0.05, 0.1) is 5.69 Å². The van der Waals surface area contributed by atoms with Crippen molar-refractivity contribution in [3.63, 3.8) is 0 Å². The lowest BCUT2D eigenvalue weighted by Crippen LogP contribution is -2.02. The van der Waals surface area contributed by atoms with E-state index in [9.17, 15) is 0 Å². The van der Waals surface area contributed by atoms with E-state index in [4.69, 9.17) is 17.3 Å². The summed E-state index contributed by atoms with van der Waals surface area (Å²) in [7, 11) is 0. The molecule has 0 bridgehead atoms. The van der Waals surface area contributed by atoms with Crippen molar-refractivity contribution in [2.45, 2.75) is 26.7 Å². The number of nitrogens with zero attached hydrogens (tertiary/aromatic N) is 2. The lowest BCUT2D eigenvalue weighted by Gasteiger charge is -2.04. The lowest BCUT2D eigenvalue weighted by molar-refractivity contribution is 0.864. The van der Waals surface area contributed by atoms with Crippen molar-refractivity contribution >= 4 is 17.5 Å². The van der Waals surface area contributed by atoms with Gasteiger partial charge in [0.15, 0.2) is 0 Å². The molecule has 0 fully saturated rings. The van der Waals surface area contributed by atoms with Gasteiger partial charge in [-0.15, -0.1) is 0 Å². The standard InChI is InChI=1S/C8H12ClN3/c1-3-4-6-5(2)7(9)12-8(10)11-6/h3-4H2,1-2H3,(H2,10,11,12). The summed E-state index contributed by atoms with van der Waals surface area (Å²) >= 11 is 5.82. The Labute approximate surface area is 77.0 Å². The second kappa shape index (κ2) is 3.72. The maximum absolute atomic E-state index is 5.82. The molecule has 1 heterocycles. The zero-order chi connectivity index (χ0) is 9.14. The molecule has 0 atom stereocenters. The Morgan fingerprint density at radius 1 is 1.42 bits per heavy atom. The fourth-order valence-corrected chi connectivity index (χ4v) is 1.23. The van der Waals surface area contributed by atoms with Crippen LogP contribution < -0.4 is 5.73 Å². The Morgan fingerprint density at radius 3 is 2.67 bits per heavy atom. The van der Waals surface area contributed by atoms with Crippen LogP contribution in [0.2, 0.25) is 5.15 Å². The number of rotatable bonds is 2. The molecule has 0 amide bonds. The van der Waals surface area contributed by atoms with Gasteiger partial charge in [0.1, 0.15) is 5.15 Å². The zero-order valence-corrected chi connectivity index (χ0v) is 8.02. The highest BCUT2D eigenvalue weighted by molar-refractivity contribution is 6.30. The average Bonchev–Trinajstić information content (AvgIpc) is 2.00. The van der Waals surface area contributed by atoms with E-state index in [0.29, 0.717) is 5.15 Å². The second-order valence-electron chi connectivity index (χ2n) is 2.69. The summed E-state index contributed by atoms with van der Waals surface area (Å²) in [5, 5.41) is 0.464. The molecule has 3 nitrogen and oxygen atoms in total. The molecule has 0 saturated heterocycles. The molecule has 2 N–H and O–H groups in total. The molecule has 0 spiro atoms. The summed E-state index contributed by atoms with van der Waals surface area (Å²) in [4.78, 5) is 7.95. The van der Waals surface area contributed by atoms with Crippen LogP contribution in [0.25, 0.3) is 0 Å². The number of hydrogen-bond acceptors (Lipinski definition) is 3. The Hall–Kier alpha value is -0.830. The average molecular weight is 186 g/mol. The molecule has 1 aromatic heterocycles. The topological polar surface area (TPSA) is 51.8 Å². The van der Waals surface area contributed by atoms with E-state index < -0.39 is 0 Å². The Balaban J connectivity index is 3.09. The highest BCUT2D eigenvalue weighted by Gasteiger charge is 2.05. The number of nitrogen functional groups attached to an aromatic ring is 1. The normalized spacial score (nSPS) is 10.2. The van der Waals surface area contributed by atoms with Crippen molar-refractivity contribution in [1.82, 2.24) is 9.97 Å². The molecule has 66 valence electrons. The fourth-order valence-electron chi connectivity index (χ4n) is 1.03. The number of aromatic nitrogens is 2. The van der Waals surface area contributed by atoms with E-state index >= 15 is 0 Å². The summed E-state index contributed by atoms with van der Waals surface area (Å²) in [5.41, 5.74) is 7.34. The molecule has 0 radical (unpaired) electrons. The van der Waals surface area contributed by atoms with Gasteiger partial charge >= 0.3 is 0 Å². The molecule has 0 aromatic carbocycles. The van der Waals surface area contributed by atoms with Crippen LogP contribution >= 0.6 is 11.6 Å². The van der Waals surface area contributed by atoms with Crippen molar-refractivity contribution in [3.05, 3.63) is 16.4 Å². The van der Waals surface area contributed by atoms with Gasteiger partial charge in [-0.05, 0) is 13.3 Å². The molecule has 4 heteroatoms. The Kier molecular flexibility index (Phi) is 2.87. The minimum absolute atomic E-state index is 0.258. The van der Waals surface area contributed by atoms with Gasteiger partial charge in [0, 0.05) is 5.56 Å². The van der Waals surface area contributed by atoms with E-state index in [1.165, 1.54) is 0 Å². The van der Waals surface area contributed by atoms with Crippen LogP contribution in [0.3, 0.4) is 0 Å². The van der Waals surface area contributed by atoms with Crippen molar-refractivity contribution in [2.24, 2.45) is 0 Å². The molecule has 1 rings (SSSR count). The molecule has 0 aliphatic rings. The summed E-state index contributed by atoms with van der Waals surface area (Å²) in [6, 6.07) is 0. The van der Waals surface area contributed by atoms with Crippen LogP contribution in [0.15, 0.2) is 0 Å². The van der Waals surface area contributed by atoms with Crippen molar-refractivity contribution in [1.29, 1.82) is 0 Å². The summed E-state index contributed by atoms with van der Waals surface area (Å²) in [6.07, 6.45) is 1.94. The third kappa shape index (κ3) is 1.85. The van der Waals surface area contributed by atoms with E-state index in [2.05, 4.69) is 16.9 Å². The molecular weight excluding hydrogens is 174 g/mol. The maximum atomic E-state index is 5.82. The van der Waals surface area contributed by atoms with Gasteiger partial charge in [0.2, 0.25) is 5.95 Å². The van der Waals surface area contributed by atoms with Gasteiger partial charge in [-0.25, -0.2) is 9.97 Å². The number of anilines is 1. The SMILES string of the molecule is CCCc1nc(N)nc(Cl)c1C. The van der Waals surface area contributed by atoms with Crippen LogP contribution in [0, 0.1) is 6.92 Å². The van der Waals surface area contributed by atoms with Crippen molar-refractivity contribution in [3.8, 4) is 0 Å². The first-order valence-corrected chi connectivity index (χ1v) is 4.31. The van der Waals surface area contributed by atoms with Crippen LogP contribution in [-0.2, 0) is 6.42 Å². The largest absolute Gasteiger partial charge is 0.368 e. The quantitative estimate of drug-likeness (QED) is 0.717. The minimum Gasteiger partial charge on any atom is -0.368 e. The van der Waals surface area contributed by atoms with Crippen molar-refractivity contribution < 1.29 is 0 Å². The molecule has 0 aliphatic heterocycles. The Morgan fingerprint density at radius 2 is 2.08 bits per heavy atom. The van der Waals surface area contributed by atoms with E-state index in [0.717, 1.165) is 24.1 Å². The van der Waals surface area contributed by atoms with Crippen LogP contribution in [-0.4, -0.2) is 9.97 Å². The lowest BCUT2D eigenvalue weighted by atomic mass is 10.2. The van der Waals surface area contributed by atoms with Gasteiger partial charge in [-0.1, -0.05) is 24.9 Å². The molecule has 12 heavy (non-hydrogen) atoms. The van der Waals surface area contributed by atoms with Gasteiger partial charge in [-0.2, -0.15) is 0 Å². The first-order valence-electron chi connectivity index (χ1n) is 3.93. The van der Waals surface area contributed by atoms with Crippen LogP contribution in [0.5, 0.6) is 0 Å². The molecule has 1 aromatic rings. The fraction of sp³-hybridized carbons (Fsp3) is 0.500. The number of hydrogen-bond donors (Lipinski definition) is 1. The zero-order valence-electron chi connectivity index (χ0n) is 7.26. The monoisotopic (exact) mass is 185 g/mol. The number of halogens is 1. The predicted octanol–water partition coefficient (Wildman–Crippen LogP) is 1.97. The minimum atomic E-state index is 0.258. The number of nitrogens with two attached hydrogens (primary N) is 1. The van der Waals surface area contributed by atoms with E-state index in [-0.39, 0.29) is 5.95 Å². The van der Waals surface area contributed by atoms with Gasteiger partial charge in [0.25, 0.3) is 0 Å². The third-order valence-electron chi connectivity index (χ3n) is 1.69. The third-order valence-corrected chi connectivity index (χ3v) is 2.06. The van der Waals surface area contributed by atoms with Gasteiger partial charge in [-0.3, -0.25) is 0 Å². The van der Waals surface area contributed by atoms with Gasteiger partial charge < -0.3 is 5.73 Å². The summed E-state index contributed by atoms with van der Waals surface area (Å²) < 4.78 is 0. The highest BCUT2D eigenvalue weighted by atomic mass is 35.5. The smallest absolute Gasteiger partial charge is 0.221 e. The van der Waals surface area contributed by atoms with Crippen LogP contribution in [0.1, 0.15) is 24.6 Å². The highest BCUT2D eigenvalue weighted by Crippen LogP contribution is 2.17. The van der Waals surface area contributed by atoms with E-state index in [1.54, 1.807) is 0 Å². The molecule has 0 saturated carbocycles. The summed E-state index contributed by atoms with van der Waals surface area (Å²) in [5.74, 6) is 0.258.